The zero-order valence-corrected chi connectivity index (χ0v) is 11.5. The highest BCUT2D eigenvalue weighted by Gasteiger charge is 2.30. The smallest absolute Gasteiger partial charge is 0.0220 e. The van der Waals surface area contributed by atoms with E-state index in [0.29, 0.717) is 0 Å². The molecule has 1 fully saturated rings. The molecule has 0 aromatic rings. The molecule has 0 bridgehead atoms. The Labute approximate surface area is 101 Å². The summed E-state index contributed by atoms with van der Waals surface area (Å²) in [5.41, 5.74) is 0. The van der Waals surface area contributed by atoms with Crippen LogP contribution in [0.15, 0.2) is 0 Å². The first-order valence-electron chi connectivity index (χ1n) is 6.71. The van der Waals surface area contributed by atoms with Crippen LogP contribution >= 0.6 is 0 Å². The van der Waals surface area contributed by atoms with E-state index in [0.717, 1.165) is 12.0 Å². The van der Waals surface area contributed by atoms with Gasteiger partial charge >= 0.3 is 0 Å². The van der Waals surface area contributed by atoms with Crippen molar-refractivity contribution < 1.29 is 0 Å². The second kappa shape index (κ2) is 7.25. The summed E-state index contributed by atoms with van der Waals surface area (Å²) in [5.74, 6) is 0.952. The van der Waals surface area contributed by atoms with E-state index in [1.807, 2.05) is 0 Å². The highest BCUT2D eigenvalue weighted by atomic mass is 15.1. The zero-order chi connectivity index (χ0) is 12.0. The molecule has 0 amide bonds. The van der Waals surface area contributed by atoms with Crippen molar-refractivity contribution in [2.75, 3.05) is 47.3 Å². The minimum Gasteiger partial charge on any atom is -0.315 e. The molecule has 3 heteroatoms. The largest absolute Gasteiger partial charge is 0.315 e. The number of likely N-dealkylation sites (N-methyl/N-ethyl adjacent to an activating group) is 2. The molecule has 1 N–H and O–H groups in total. The van der Waals surface area contributed by atoms with Crippen LogP contribution in [0.25, 0.3) is 0 Å². The van der Waals surface area contributed by atoms with Crippen molar-refractivity contribution in [2.24, 2.45) is 5.92 Å². The fraction of sp³-hybridized carbons (Fsp3) is 1.00. The second-order valence-corrected chi connectivity index (χ2v) is 5.28. The molecule has 1 saturated carbocycles. The van der Waals surface area contributed by atoms with Crippen LogP contribution in [0.2, 0.25) is 0 Å². The van der Waals surface area contributed by atoms with Crippen LogP contribution in [-0.2, 0) is 0 Å². The van der Waals surface area contributed by atoms with Gasteiger partial charge in [-0.3, -0.25) is 0 Å². The normalized spacial score (nSPS) is 18.4. The molecule has 96 valence electrons. The lowest BCUT2D eigenvalue weighted by molar-refractivity contribution is 0.233. The van der Waals surface area contributed by atoms with Gasteiger partial charge in [0.2, 0.25) is 0 Å². The molecule has 0 aromatic carbocycles. The summed E-state index contributed by atoms with van der Waals surface area (Å²) in [4.78, 5) is 4.85. The van der Waals surface area contributed by atoms with Gasteiger partial charge in [0, 0.05) is 12.6 Å². The monoisotopic (exact) mass is 227 g/mol. The van der Waals surface area contributed by atoms with Gasteiger partial charge in [0.15, 0.2) is 0 Å². The van der Waals surface area contributed by atoms with Crippen molar-refractivity contribution in [3.8, 4) is 0 Å². The zero-order valence-electron chi connectivity index (χ0n) is 11.5. The second-order valence-electron chi connectivity index (χ2n) is 5.28. The van der Waals surface area contributed by atoms with Crippen molar-refractivity contribution >= 4 is 0 Å². The molecule has 0 spiro atoms. The Balaban J connectivity index is 2.18. The van der Waals surface area contributed by atoms with Crippen LogP contribution in [0.4, 0.5) is 0 Å². The maximum absolute atomic E-state index is 3.48. The SMILES string of the molecule is CCN(CCCN(C)C)CC(NC)C1CC1. The van der Waals surface area contributed by atoms with Gasteiger partial charge in [0.25, 0.3) is 0 Å². The molecule has 3 nitrogen and oxygen atoms in total. The first kappa shape index (κ1) is 13.9. The highest BCUT2D eigenvalue weighted by molar-refractivity contribution is 4.87. The average molecular weight is 227 g/mol. The van der Waals surface area contributed by atoms with E-state index in [2.05, 4.69) is 43.2 Å². The number of hydrogen-bond donors (Lipinski definition) is 1. The topological polar surface area (TPSA) is 18.5 Å². The standard InChI is InChI=1S/C13H29N3/c1-5-16(10-6-9-15(3)4)11-13(14-2)12-7-8-12/h12-14H,5-11H2,1-4H3. The lowest BCUT2D eigenvalue weighted by Crippen LogP contribution is -2.41. The molecule has 1 unspecified atom stereocenters. The molecule has 1 aliphatic carbocycles. The maximum atomic E-state index is 3.48. The van der Waals surface area contributed by atoms with Gasteiger partial charge in [-0.1, -0.05) is 6.92 Å². The van der Waals surface area contributed by atoms with Crippen LogP contribution < -0.4 is 5.32 Å². The summed E-state index contributed by atoms with van der Waals surface area (Å²) in [6.45, 7) is 7.11. The maximum Gasteiger partial charge on any atom is 0.0220 e. The summed E-state index contributed by atoms with van der Waals surface area (Å²) < 4.78 is 0. The van der Waals surface area contributed by atoms with Crippen molar-refractivity contribution in [3.63, 3.8) is 0 Å². The molecular weight excluding hydrogens is 198 g/mol. The Morgan fingerprint density at radius 1 is 1.25 bits per heavy atom. The summed E-state index contributed by atoms with van der Waals surface area (Å²) in [6.07, 6.45) is 4.14. The summed E-state index contributed by atoms with van der Waals surface area (Å²) >= 11 is 0. The van der Waals surface area contributed by atoms with Crippen molar-refractivity contribution in [2.45, 2.75) is 32.2 Å². The van der Waals surface area contributed by atoms with Crippen LogP contribution in [0.1, 0.15) is 26.2 Å². The number of nitrogens with zero attached hydrogens (tertiary/aromatic N) is 2. The van der Waals surface area contributed by atoms with E-state index in [1.54, 1.807) is 0 Å². The number of hydrogen-bond acceptors (Lipinski definition) is 3. The van der Waals surface area contributed by atoms with Gasteiger partial charge in [-0.15, -0.1) is 0 Å². The molecule has 0 aliphatic heterocycles. The van der Waals surface area contributed by atoms with E-state index in [1.165, 1.54) is 45.4 Å². The predicted octanol–water partition coefficient (Wildman–Crippen LogP) is 1.26. The van der Waals surface area contributed by atoms with Crippen LogP contribution in [0.5, 0.6) is 0 Å². The predicted molar refractivity (Wildman–Crippen MR) is 70.9 cm³/mol. The quantitative estimate of drug-likeness (QED) is 0.640. The highest BCUT2D eigenvalue weighted by Crippen LogP contribution is 2.32. The fourth-order valence-corrected chi connectivity index (χ4v) is 2.24. The van der Waals surface area contributed by atoms with Crippen LogP contribution in [-0.4, -0.2) is 63.2 Å². The fourth-order valence-electron chi connectivity index (χ4n) is 2.24. The lowest BCUT2D eigenvalue weighted by Gasteiger charge is -2.26. The van der Waals surface area contributed by atoms with Gasteiger partial charge in [-0.25, -0.2) is 0 Å². The van der Waals surface area contributed by atoms with Crippen LogP contribution in [0.3, 0.4) is 0 Å². The average Bonchev–Trinajstić information content (AvgIpc) is 3.06. The van der Waals surface area contributed by atoms with E-state index >= 15 is 0 Å². The Bertz CT molecular complexity index is 178. The van der Waals surface area contributed by atoms with Gasteiger partial charge in [0.05, 0.1) is 0 Å². The number of nitrogens with one attached hydrogen (secondary N) is 1. The van der Waals surface area contributed by atoms with E-state index in [4.69, 9.17) is 0 Å². The van der Waals surface area contributed by atoms with Crippen LogP contribution in [0, 0.1) is 5.92 Å². The van der Waals surface area contributed by atoms with E-state index in [-0.39, 0.29) is 0 Å². The van der Waals surface area contributed by atoms with Gasteiger partial charge in [-0.05, 0) is 66.0 Å². The molecular formula is C13H29N3. The molecule has 0 saturated heterocycles. The van der Waals surface area contributed by atoms with Gasteiger partial charge < -0.3 is 15.1 Å². The third kappa shape index (κ3) is 5.28. The summed E-state index contributed by atoms with van der Waals surface area (Å²) in [6, 6.07) is 0.722. The number of rotatable bonds is 9. The van der Waals surface area contributed by atoms with Gasteiger partial charge in [0.1, 0.15) is 0 Å². The molecule has 1 atom stereocenters. The summed E-state index contributed by atoms with van der Waals surface area (Å²) in [7, 11) is 6.41. The van der Waals surface area contributed by atoms with E-state index < -0.39 is 0 Å². The van der Waals surface area contributed by atoms with Crippen molar-refractivity contribution in [3.05, 3.63) is 0 Å². The Morgan fingerprint density at radius 3 is 2.38 bits per heavy atom. The van der Waals surface area contributed by atoms with Crippen molar-refractivity contribution in [1.29, 1.82) is 0 Å². The molecule has 0 radical (unpaired) electrons. The van der Waals surface area contributed by atoms with E-state index in [9.17, 15) is 0 Å². The first-order valence-corrected chi connectivity index (χ1v) is 6.71. The Kier molecular flexibility index (Phi) is 6.32. The minimum absolute atomic E-state index is 0.722. The Hall–Kier alpha value is -0.120. The minimum atomic E-state index is 0.722. The molecule has 0 heterocycles. The molecule has 0 aromatic heterocycles. The lowest BCUT2D eigenvalue weighted by atomic mass is 10.1. The molecule has 1 rings (SSSR count). The van der Waals surface area contributed by atoms with Gasteiger partial charge in [-0.2, -0.15) is 0 Å². The first-order chi connectivity index (χ1) is 7.67. The molecule has 1 aliphatic rings. The third-order valence-corrected chi connectivity index (χ3v) is 3.54. The Morgan fingerprint density at radius 2 is 1.94 bits per heavy atom. The van der Waals surface area contributed by atoms with Crippen molar-refractivity contribution in [1.82, 2.24) is 15.1 Å². The molecule has 16 heavy (non-hydrogen) atoms. The third-order valence-electron chi connectivity index (χ3n) is 3.54. The summed E-state index contributed by atoms with van der Waals surface area (Å²) in [5, 5.41) is 3.48.